The van der Waals surface area contributed by atoms with E-state index in [1.54, 1.807) is 18.2 Å². The van der Waals surface area contributed by atoms with Crippen molar-refractivity contribution in [3.63, 3.8) is 0 Å². The van der Waals surface area contributed by atoms with Crippen LogP contribution in [-0.2, 0) is 16.4 Å². The molecule has 1 heterocycles. The zero-order valence-corrected chi connectivity index (χ0v) is 16.7. The maximum Gasteiger partial charge on any atom is 0.240 e. The topological polar surface area (TPSA) is 81.2 Å². The predicted octanol–water partition coefficient (Wildman–Crippen LogP) is 3.37. The molecule has 0 saturated carbocycles. The van der Waals surface area contributed by atoms with Gasteiger partial charge < -0.3 is 4.74 Å². The highest BCUT2D eigenvalue weighted by molar-refractivity contribution is 7.89. The molecule has 3 rings (SSSR count). The molecule has 0 radical (unpaired) electrons. The Morgan fingerprint density at radius 1 is 0.929 bits per heavy atom. The van der Waals surface area contributed by atoms with Crippen molar-refractivity contribution in [3.8, 4) is 17.1 Å². The molecular formula is C21H23N3O3S. The minimum Gasteiger partial charge on any atom is -0.475 e. The van der Waals surface area contributed by atoms with Crippen molar-refractivity contribution in [2.75, 3.05) is 13.2 Å². The summed E-state index contributed by atoms with van der Waals surface area (Å²) in [7, 11) is -3.55. The van der Waals surface area contributed by atoms with E-state index >= 15 is 0 Å². The Hall–Kier alpha value is -2.77. The van der Waals surface area contributed by atoms with Crippen LogP contribution in [0.4, 0.5) is 0 Å². The lowest BCUT2D eigenvalue weighted by Gasteiger charge is -2.08. The second kappa shape index (κ2) is 8.95. The van der Waals surface area contributed by atoms with Gasteiger partial charge >= 0.3 is 0 Å². The van der Waals surface area contributed by atoms with Gasteiger partial charge in [0, 0.05) is 18.2 Å². The normalized spacial score (nSPS) is 11.4. The average molecular weight is 398 g/mol. The minimum absolute atomic E-state index is 0.138. The van der Waals surface area contributed by atoms with Crippen molar-refractivity contribution in [3.05, 3.63) is 71.8 Å². The van der Waals surface area contributed by atoms with Crippen LogP contribution >= 0.6 is 0 Å². The summed E-state index contributed by atoms with van der Waals surface area (Å²) in [5, 5.41) is 8.20. The van der Waals surface area contributed by atoms with Crippen molar-refractivity contribution in [2.24, 2.45) is 0 Å². The quantitative estimate of drug-likeness (QED) is 0.590. The molecule has 0 bridgehead atoms. The van der Waals surface area contributed by atoms with E-state index in [-0.39, 0.29) is 18.0 Å². The Labute approximate surface area is 165 Å². The summed E-state index contributed by atoms with van der Waals surface area (Å²) in [5.41, 5.74) is 4.01. The number of nitrogens with one attached hydrogen (secondary N) is 1. The largest absolute Gasteiger partial charge is 0.475 e. The fourth-order valence-electron chi connectivity index (χ4n) is 2.59. The monoisotopic (exact) mass is 397 g/mol. The highest BCUT2D eigenvalue weighted by Crippen LogP contribution is 2.18. The van der Waals surface area contributed by atoms with Crippen molar-refractivity contribution < 1.29 is 13.2 Å². The fraction of sp³-hybridized carbons (Fsp3) is 0.238. The second-order valence-corrected chi connectivity index (χ2v) is 8.13. The molecule has 1 N–H and O–H groups in total. The zero-order valence-electron chi connectivity index (χ0n) is 15.9. The van der Waals surface area contributed by atoms with Crippen LogP contribution in [0.1, 0.15) is 18.1 Å². The summed E-state index contributed by atoms with van der Waals surface area (Å²) < 4.78 is 32.6. The van der Waals surface area contributed by atoms with Crippen LogP contribution in [0.2, 0.25) is 0 Å². The molecule has 146 valence electrons. The molecule has 0 fully saturated rings. The van der Waals surface area contributed by atoms with E-state index in [2.05, 4.69) is 14.9 Å². The summed E-state index contributed by atoms with van der Waals surface area (Å²) >= 11 is 0. The summed E-state index contributed by atoms with van der Waals surface area (Å²) in [6.45, 7) is 4.35. The molecule has 0 saturated heterocycles. The molecule has 0 unspecified atom stereocenters. The molecule has 7 heteroatoms. The van der Waals surface area contributed by atoms with Crippen LogP contribution < -0.4 is 9.46 Å². The lowest BCUT2D eigenvalue weighted by atomic mass is 10.1. The van der Waals surface area contributed by atoms with Crippen molar-refractivity contribution >= 4 is 10.0 Å². The zero-order chi connectivity index (χ0) is 20.0. The number of rotatable bonds is 8. The van der Waals surface area contributed by atoms with Gasteiger partial charge in [0.05, 0.1) is 10.6 Å². The van der Waals surface area contributed by atoms with E-state index < -0.39 is 10.0 Å². The number of aryl methyl sites for hydroxylation is 2. The highest BCUT2D eigenvalue weighted by Gasteiger charge is 2.13. The van der Waals surface area contributed by atoms with Crippen LogP contribution in [0.3, 0.4) is 0 Å². The molecule has 6 nitrogen and oxygen atoms in total. The van der Waals surface area contributed by atoms with E-state index in [1.807, 2.05) is 56.3 Å². The third-order valence-electron chi connectivity index (χ3n) is 4.27. The average Bonchev–Trinajstić information content (AvgIpc) is 2.72. The first-order valence-corrected chi connectivity index (χ1v) is 10.6. The number of sulfonamides is 1. The van der Waals surface area contributed by atoms with Gasteiger partial charge in [-0.3, -0.25) is 0 Å². The third-order valence-corrected chi connectivity index (χ3v) is 5.75. The lowest BCUT2D eigenvalue weighted by Crippen LogP contribution is -2.28. The molecular weight excluding hydrogens is 374 g/mol. The Morgan fingerprint density at radius 2 is 1.64 bits per heavy atom. The number of ether oxygens (including phenoxy) is 1. The molecule has 3 aromatic rings. The lowest BCUT2D eigenvalue weighted by molar-refractivity contribution is 0.307. The maximum atomic E-state index is 12.3. The molecule has 0 aliphatic carbocycles. The molecule has 0 atom stereocenters. The van der Waals surface area contributed by atoms with Crippen LogP contribution in [0.5, 0.6) is 5.88 Å². The number of benzene rings is 2. The number of hydrogen-bond donors (Lipinski definition) is 1. The first-order chi connectivity index (χ1) is 13.5. The first kappa shape index (κ1) is 20.0. The standard InChI is InChI=1S/C21H23N3O3S/c1-3-17-6-10-19(11-7-17)28(25,26)22-14-15-27-21-13-12-20(23-24-21)18-8-4-16(2)5-9-18/h4-13,22H,3,14-15H2,1-2H3. The van der Waals surface area contributed by atoms with Gasteiger partial charge in [-0.1, -0.05) is 48.9 Å². The van der Waals surface area contributed by atoms with E-state index in [1.165, 1.54) is 5.56 Å². The molecule has 2 aromatic carbocycles. The van der Waals surface area contributed by atoms with E-state index in [0.29, 0.717) is 5.88 Å². The van der Waals surface area contributed by atoms with Crippen molar-refractivity contribution in [1.82, 2.24) is 14.9 Å². The fourth-order valence-corrected chi connectivity index (χ4v) is 3.61. The summed E-state index contributed by atoms with van der Waals surface area (Å²) in [4.78, 5) is 0.243. The van der Waals surface area contributed by atoms with Gasteiger partial charge in [0.1, 0.15) is 6.61 Å². The minimum atomic E-state index is -3.55. The maximum absolute atomic E-state index is 12.3. The molecule has 1 aromatic heterocycles. The second-order valence-electron chi connectivity index (χ2n) is 6.37. The highest BCUT2D eigenvalue weighted by atomic mass is 32.2. The van der Waals surface area contributed by atoms with Gasteiger partial charge in [0.15, 0.2) is 0 Å². The van der Waals surface area contributed by atoms with Crippen LogP contribution in [0.25, 0.3) is 11.3 Å². The van der Waals surface area contributed by atoms with Crippen molar-refractivity contribution in [1.29, 1.82) is 0 Å². The third kappa shape index (κ3) is 5.15. The molecule has 0 amide bonds. The number of nitrogens with zero attached hydrogens (tertiary/aromatic N) is 2. The SMILES string of the molecule is CCc1ccc(S(=O)(=O)NCCOc2ccc(-c3ccc(C)cc3)nn2)cc1. The molecule has 0 spiro atoms. The van der Waals surface area contributed by atoms with E-state index in [0.717, 1.165) is 23.2 Å². The van der Waals surface area contributed by atoms with Crippen LogP contribution in [0.15, 0.2) is 65.6 Å². The Morgan fingerprint density at radius 3 is 2.25 bits per heavy atom. The van der Waals surface area contributed by atoms with Gasteiger partial charge in [-0.05, 0) is 37.1 Å². The smallest absolute Gasteiger partial charge is 0.240 e. The van der Waals surface area contributed by atoms with Gasteiger partial charge in [0.2, 0.25) is 15.9 Å². The first-order valence-electron chi connectivity index (χ1n) is 9.10. The summed E-state index contributed by atoms with van der Waals surface area (Å²) in [6.07, 6.45) is 0.866. The number of hydrogen-bond acceptors (Lipinski definition) is 5. The Bertz CT molecular complexity index is 1000. The Balaban J connectivity index is 1.51. The summed E-state index contributed by atoms with van der Waals surface area (Å²) in [6, 6.07) is 18.4. The summed E-state index contributed by atoms with van der Waals surface area (Å²) in [5.74, 6) is 0.349. The van der Waals surface area contributed by atoms with Gasteiger partial charge in [-0.25, -0.2) is 13.1 Å². The predicted molar refractivity (Wildman–Crippen MR) is 109 cm³/mol. The van der Waals surface area contributed by atoms with Gasteiger partial charge in [0.25, 0.3) is 0 Å². The number of aromatic nitrogens is 2. The van der Waals surface area contributed by atoms with E-state index in [9.17, 15) is 8.42 Å². The Kier molecular flexibility index (Phi) is 6.38. The molecule has 0 aliphatic rings. The molecule has 0 aliphatic heterocycles. The van der Waals surface area contributed by atoms with Gasteiger partial charge in [-0.2, -0.15) is 0 Å². The van der Waals surface area contributed by atoms with Crippen LogP contribution in [0, 0.1) is 6.92 Å². The van der Waals surface area contributed by atoms with Gasteiger partial charge in [-0.15, -0.1) is 10.2 Å². The van der Waals surface area contributed by atoms with Crippen molar-refractivity contribution in [2.45, 2.75) is 25.2 Å². The van der Waals surface area contributed by atoms with E-state index in [4.69, 9.17) is 4.74 Å². The molecule has 28 heavy (non-hydrogen) atoms. The van der Waals surface area contributed by atoms with Crippen LogP contribution in [-0.4, -0.2) is 31.8 Å².